The summed E-state index contributed by atoms with van der Waals surface area (Å²) in [6.07, 6.45) is 0.847. The first kappa shape index (κ1) is 11.2. The minimum Gasteiger partial charge on any atom is -0.411 e. The fraction of sp³-hybridized carbons (Fsp3) is 0.500. The molecule has 0 bridgehead atoms. The van der Waals surface area contributed by atoms with Crippen molar-refractivity contribution < 1.29 is 5.21 Å². The van der Waals surface area contributed by atoms with E-state index in [4.69, 9.17) is 5.21 Å². The monoisotopic (exact) mass is 217 g/mol. The van der Waals surface area contributed by atoms with Gasteiger partial charge in [-0.2, -0.15) is 0 Å². The second-order valence-electron chi connectivity index (χ2n) is 5.70. The molecule has 1 unspecified atom stereocenters. The van der Waals surface area contributed by atoms with Gasteiger partial charge in [0.05, 0.1) is 5.71 Å². The van der Waals surface area contributed by atoms with Crippen molar-refractivity contribution in [1.82, 2.24) is 0 Å². The zero-order chi connectivity index (χ0) is 11.9. The van der Waals surface area contributed by atoms with Gasteiger partial charge in [-0.25, -0.2) is 0 Å². The molecule has 0 aliphatic heterocycles. The number of rotatable bonds is 0. The molecule has 86 valence electrons. The van der Waals surface area contributed by atoms with Crippen LogP contribution in [0.25, 0.3) is 0 Å². The summed E-state index contributed by atoms with van der Waals surface area (Å²) in [6, 6.07) is 6.54. The van der Waals surface area contributed by atoms with E-state index in [1.54, 1.807) is 0 Å². The molecule has 0 saturated carbocycles. The average Bonchev–Trinajstić information content (AvgIpc) is 2.54. The molecule has 16 heavy (non-hydrogen) atoms. The molecule has 1 aromatic carbocycles. The van der Waals surface area contributed by atoms with Crippen LogP contribution in [0.2, 0.25) is 0 Å². The van der Waals surface area contributed by atoms with Crippen molar-refractivity contribution in [2.45, 2.75) is 45.4 Å². The highest BCUT2D eigenvalue weighted by molar-refractivity contribution is 6.05. The largest absolute Gasteiger partial charge is 0.411 e. The van der Waals surface area contributed by atoms with Crippen LogP contribution in [0.5, 0.6) is 0 Å². The first-order valence-corrected chi connectivity index (χ1v) is 5.79. The third kappa shape index (κ3) is 1.73. The van der Waals surface area contributed by atoms with Crippen molar-refractivity contribution >= 4 is 5.71 Å². The van der Waals surface area contributed by atoms with Crippen molar-refractivity contribution in [3.05, 3.63) is 34.9 Å². The van der Waals surface area contributed by atoms with Crippen LogP contribution in [0.15, 0.2) is 23.4 Å². The van der Waals surface area contributed by atoms with Crippen LogP contribution in [-0.4, -0.2) is 10.9 Å². The first-order valence-electron chi connectivity index (χ1n) is 5.79. The molecule has 0 saturated heterocycles. The number of oxime groups is 1. The van der Waals surface area contributed by atoms with E-state index in [1.165, 1.54) is 11.1 Å². The smallest absolute Gasteiger partial charge is 0.0876 e. The molecule has 0 heterocycles. The Labute approximate surface area is 97.0 Å². The van der Waals surface area contributed by atoms with Crippen molar-refractivity contribution in [1.29, 1.82) is 0 Å². The molecule has 0 spiro atoms. The Bertz CT molecular complexity index is 441. The van der Waals surface area contributed by atoms with Crippen LogP contribution in [-0.2, 0) is 5.41 Å². The maximum atomic E-state index is 9.01. The molecular weight excluding hydrogens is 198 g/mol. The molecule has 1 aromatic rings. The second-order valence-corrected chi connectivity index (χ2v) is 5.70. The fourth-order valence-electron chi connectivity index (χ4n) is 2.31. The fourth-order valence-corrected chi connectivity index (χ4v) is 2.31. The molecule has 0 radical (unpaired) electrons. The first-order chi connectivity index (χ1) is 7.43. The predicted octanol–water partition coefficient (Wildman–Crippen LogP) is 3.67. The predicted molar refractivity (Wildman–Crippen MR) is 66.5 cm³/mol. The van der Waals surface area contributed by atoms with Crippen molar-refractivity contribution in [2.24, 2.45) is 5.16 Å². The number of fused-ring (bicyclic) bond motifs is 1. The van der Waals surface area contributed by atoms with Gasteiger partial charge in [0.25, 0.3) is 0 Å². The van der Waals surface area contributed by atoms with E-state index in [9.17, 15) is 0 Å². The van der Waals surface area contributed by atoms with Gasteiger partial charge in [0.1, 0.15) is 0 Å². The Morgan fingerprint density at radius 1 is 1.31 bits per heavy atom. The highest BCUT2D eigenvalue weighted by Crippen LogP contribution is 2.35. The molecule has 1 N–H and O–H groups in total. The summed E-state index contributed by atoms with van der Waals surface area (Å²) < 4.78 is 0. The third-order valence-corrected chi connectivity index (χ3v) is 3.38. The van der Waals surface area contributed by atoms with Gasteiger partial charge in [0, 0.05) is 12.0 Å². The molecule has 1 aliphatic rings. The van der Waals surface area contributed by atoms with E-state index < -0.39 is 0 Å². The van der Waals surface area contributed by atoms with E-state index in [1.807, 2.05) is 0 Å². The van der Waals surface area contributed by atoms with Gasteiger partial charge in [-0.05, 0) is 28.5 Å². The molecule has 2 rings (SSSR count). The Morgan fingerprint density at radius 2 is 2.00 bits per heavy atom. The van der Waals surface area contributed by atoms with Gasteiger partial charge < -0.3 is 5.21 Å². The van der Waals surface area contributed by atoms with Gasteiger partial charge >= 0.3 is 0 Å². The molecule has 2 heteroatoms. The van der Waals surface area contributed by atoms with Gasteiger partial charge in [-0.3, -0.25) is 0 Å². The Morgan fingerprint density at radius 3 is 2.56 bits per heavy atom. The lowest BCUT2D eigenvalue weighted by Gasteiger charge is -2.20. The zero-order valence-corrected chi connectivity index (χ0v) is 10.4. The van der Waals surface area contributed by atoms with E-state index >= 15 is 0 Å². The summed E-state index contributed by atoms with van der Waals surface area (Å²) in [5, 5.41) is 12.4. The molecule has 0 amide bonds. The standard InChI is InChI=1S/C14H19NO/c1-9-7-13(15-16)12-8-10(14(2,3)4)5-6-11(9)12/h5-6,8-9,16H,7H2,1-4H3/b15-13+. The van der Waals surface area contributed by atoms with Crippen LogP contribution in [0, 0.1) is 0 Å². The van der Waals surface area contributed by atoms with Gasteiger partial charge in [-0.1, -0.05) is 45.0 Å². The average molecular weight is 217 g/mol. The van der Waals surface area contributed by atoms with Crippen LogP contribution < -0.4 is 0 Å². The van der Waals surface area contributed by atoms with Gasteiger partial charge in [0.2, 0.25) is 0 Å². The molecular formula is C14H19NO. The van der Waals surface area contributed by atoms with Crippen molar-refractivity contribution in [3.8, 4) is 0 Å². The highest BCUT2D eigenvalue weighted by atomic mass is 16.4. The van der Waals surface area contributed by atoms with Crippen LogP contribution in [0.3, 0.4) is 0 Å². The summed E-state index contributed by atoms with van der Waals surface area (Å²) in [5.74, 6) is 0.468. The van der Waals surface area contributed by atoms with Gasteiger partial charge in [-0.15, -0.1) is 0 Å². The lowest BCUT2D eigenvalue weighted by Crippen LogP contribution is -2.12. The molecule has 1 aliphatic carbocycles. The van der Waals surface area contributed by atoms with Crippen LogP contribution in [0.4, 0.5) is 0 Å². The maximum Gasteiger partial charge on any atom is 0.0876 e. The summed E-state index contributed by atoms with van der Waals surface area (Å²) in [4.78, 5) is 0. The third-order valence-electron chi connectivity index (χ3n) is 3.38. The lowest BCUT2D eigenvalue weighted by atomic mass is 9.85. The highest BCUT2D eigenvalue weighted by Gasteiger charge is 2.26. The summed E-state index contributed by atoms with van der Waals surface area (Å²) in [6.45, 7) is 8.77. The zero-order valence-electron chi connectivity index (χ0n) is 10.4. The number of hydrogen-bond donors (Lipinski definition) is 1. The van der Waals surface area contributed by atoms with Crippen molar-refractivity contribution in [2.75, 3.05) is 0 Å². The molecule has 1 atom stereocenters. The number of hydrogen-bond acceptors (Lipinski definition) is 2. The number of nitrogens with zero attached hydrogens (tertiary/aromatic N) is 1. The minimum absolute atomic E-state index is 0.140. The second kappa shape index (κ2) is 3.62. The normalized spacial score (nSPS) is 22.5. The van der Waals surface area contributed by atoms with E-state index in [-0.39, 0.29) is 5.41 Å². The van der Waals surface area contributed by atoms with Crippen LogP contribution in [0.1, 0.15) is 56.7 Å². The molecule has 0 fully saturated rings. The molecule has 2 nitrogen and oxygen atoms in total. The quantitative estimate of drug-likeness (QED) is 0.522. The number of benzene rings is 1. The van der Waals surface area contributed by atoms with Crippen LogP contribution >= 0.6 is 0 Å². The summed E-state index contributed by atoms with van der Waals surface area (Å²) in [7, 11) is 0. The van der Waals surface area contributed by atoms with E-state index in [0.29, 0.717) is 5.92 Å². The Hall–Kier alpha value is -1.31. The summed E-state index contributed by atoms with van der Waals surface area (Å²) in [5.41, 5.74) is 4.69. The lowest BCUT2D eigenvalue weighted by molar-refractivity contribution is 0.318. The Kier molecular flexibility index (Phi) is 2.53. The maximum absolute atomic E-state index is 9.01. The van der Waals surface area contributed by atoms with Crippen molar-refractivity contribution in [3.63, 3.8) is 0 Å². The molecule has 0 aromatic heterocycles. The Balaban J connectivity index is 2.54. The van der Waals surface area contributed by atoms with Gasteiger partial charge in [0.15, 0.2) is 0 Å². The van der Waals surface area contributed by atoms with E-state index in [2.05, 4.69) is 51.0 Å². The SMILES string of the molecule is CC1C/C(=N\O)c2cc(C(C)(C)C)ccc21. The minimum atomic E-state index is 0.140. The summed E-state index contributed by atoms with van der Waals surface area (Å²) >= 11 is 0. The van der Waals surface area contributed by atoms with E-state index in [0.717, 1.165) is 17.7 Å². The topological polar surface area (TPSA) is 32.6 Å².